The van der Waals surface area contributed by atoms with Crippen LogP contribution in [0, 0.1) is 0 Å². The Labute approximate surface area is 70.0 Å². The number of amides is 1. The lowest BCUT2D eigenvalue weighted by Gasteiger charge is -2.07. The molecule has 1 aliphatic heterocycles. The Bertz CT molecular complexity index is 286. The van der Waals surface area contributed by atoms with Gasteiger partial charge in [0.05, 0.1) is 12.2 Å². The van der Waals surface area contributed by atoms with Gasteiger partial charge < -0.3 is 5.32 Å². The first-order chi connectivity index (χ1) is 5.86. The maximum atomic E-state index is 10.8. The lowest BCUT2D eigenvalue weighted by atomic mass is 10.3. The highest BCUT2D eigenvalue weighted by Gasteiger charge is 2.21. The number of hydrogen-bond acceptors (Lipinski definition) is 3. The minimum Gasteiger partial charge on any atom is -0.334 e. The van der Waals surface area contributed by atoms with Gasteiger partial charge >= 0.3 is 0 Å². The van der Waals surface area contributed by atoms with Crippen molar-refractivity contribution in [1.29, 1.82) is 0 Å². The molecule has 0 aromatic carbocycles. The molecule has 1 amide bonds. The molecule has 4 heteroatoms. The van der Waals surface area contributed by atoms with Crippen molar-refractivity contribution in [3.05, 3.63) is 30.1 Å². The predicted molar refractivity (Wildman–Crippen MR) is 43.1 cm³/mol. The van der Waals surface area contributed by atoms with Gasteiger partial charge in [-0.15, -0.1) is 0 Å². The average molecular weight is 163 g/mol. The molecule has 1 aromatic rings. The second-order valence-corrected chi connectivity index (χ2v) is 2.64. The second-order valence-electron chi connectivity index (χ2n) is 2.64. The summed E-state index contributed by atoms with van der Waals surface area (Å²) in [5.41, 5.74) is 0.850. The number of carbonyl (C=O) groups is 1. The summed E-state index contributed by atoms with van der Waals surface area (Å²) in [6.07, 6.45) is 1.60. The van der Waals surface area contributed by atoms with Crippen LogP contribution in [0.15, 0.2) is 24.4 Å². The minimum atomic E-state index is -0.112. The zero-order chi connectivity index (χ0) is 8.39. The molecule has 0 bridgehead atoms. The van der Waals surface area contributed by atoms with Crippen molar-refractivity contribution in [1.82, 2.24) is 15.6 Å². The first-order valence-electron chi connectivity index (χ1n) is 3.80. The fourth-order valence-corrected chi connectivity index (χ4v) is 1.18. The van der Waals surface area contributed by atoms with E-state index in [1.165, 1.54) is 0 Å². The topological polar surface area (TPSA) is 54.0 Å². The van der Waals surface area contributed by atoms with E-state index in [0.717, 1.165) is 5.69 Å². The molecule has 1 unspecified atom stereocenters. The molecule has 1 aromatic heterocycles. The van der Waals surface area contributed by atoms with Crippen molar-refractivity contribution >= 4 is 5.91 Å². The Morgan fingerprint density at radius 2 is 2.42 bits per heavy atom. The lowest BCUT2D eigenvalue weighted by Crippen LogP contribution is -2.23. The molecule has 62 valence electrons. The quantitative estimate of drug-likeness (QED) is 0.602. The van der Waals surface area contributed by atoms with E-state index in [9.17, 15) is 4.79 Å². The van der Waals surface area contributed by atoms with Gasteiger partial charge in [0.1, 0.15) is 6.17 Å². The molecule has 0 spiro atoms. The third-order valence-corrected chi connectivity index (χ3v) is 1.76. The van der Waals surface area contributed by atoms with Crippen LogP contribution in [-0.2, 0) is 4.79 Å². The minimum absolute atomic E-state index is 0.0191. The number of nitrogens with one attached hydrogen (secondary N) is 2. The fraction of sp³-hybridized carbons (Fsp3) is 0.250. The van der Waals surface area contributed by atoms with Crippen LogP contribution in [-0.4, -0.2) is 17.4 Å². The Morgan fingerprint density at radius 1 is 1.50 bits per heavy atom. The molecule has 1 aliphatic rings. The van der Waals surface area contributed by atoms with Crippen LogP contribution >= 0.6 is 0 Å². The number of aromatic nitrogens is 1. The summed E-state index contributed by atoms with van der Waals surface area (Å²) in [6.45, 7) is 0.376. The maximum absolute atomic E-state index is 10.8. The molecule has 12 heavy (non-hydrogen) atoms. The van der Waals surface area contributed by atoms with Crippen LogP contribution < -0.4 is 10.6 Å². The molecule has 4 nitrogen and oxygen atoms in total. The van der Waals surface area contributed by atoms with Crippen LogP contribution in [0.2, 0.25) is 0 Å². The Morgan fingerprint density at radius 3 is 3.00 bits per heavy atom. The van der Waals surface area contributed by atoms with Gasteiger partial charge in [0.15, 0.2) is 0 Å². The van der Waals surface area contributed by atoms with Gasteiger partial charge in [-0.1, -0.05) is 6.07 Å². The summed E-state index contributed by atoms with van der Waals surface area (Å²) in [4.78, 5) is 14.9. The summed E-state index contributed by atoms with van der Waals surface area (Å²) in [7, 11) is 0. The summed E-state index contributed by atoms with van der Waals surface area (Å²) in [5, 5.41) is 5.76. The van der Waals surface area contributed by atoms with Gasteiger partial charge in [-0.05, 0) is 12.1 Å². The highest BCUT2D eigenvalue weighted by Crippen LogP contribution is 2.08. The summed E-state index contributed by atoms with van der Waals surface area (Å²) in [6, 6.07) is 5.62. The van der Waals surface area contributed by atoms with Gasteiger partial charge in [-0.3, -0.25) is 15.1 Å². The van der Waals surface area contributed by atoms with Gasteiger partial charge in [-0.25, -0.2) is 0 Å². The van der Waals surface area contributed by atoms with Crippen LogP contribution in [0.5, 0.6) is 0 Å². The Kier molecular flexibility index (Phi) is 1.75. The maximum Gasteiger partial charge on any atom is 0.235 e. The van der Waals surface area contributed by atoms with E-state index in [4.69, 9.17) is 0 Å². The number of carbonyl (C=O) groups excluding carboxylic acids is 1. The number of rotatable bonds is 1. The lowest BCUT2D eigenvalue weighted by molar-refractivity contribution is -0.118. The van der Waals surface area contributed by atoms with Gasteiger partial charge in [-0.2, -0.15) is 0 Å². The second kappa shape index (κ2) is 2.91. The normalized spacial score (nSPS) is 22.3. The van der Waals surface area contributed by atoms with Crippen molar-refractivity contribution in [2.45, 2.75) is 6.17 Å². The summed E-state index contributed by atoms with van der Waals surface area (Å²) in [5.74, 6) is 0.0191. The van der Waals surface area contributed by atoms with Crippen LogP contribution in [0.25, 0.3) is 0 Å². The third-order valence-electron chi connectivity index (χ3n) is 1.76. The molecule has 0 saturated carbocycles. The smallest absolute Gasteiger partial charge is 0.235 e. The predicted octanol–water partition coefficient (Wildman–Crippen LogP) is -0.200. The number of nitrogens with zero attached hydrogens (tertiary/aromatic N) is 1. The summed E-state index contributed by atoms with van der Waals surface area (Å²) < 4.78 is 0. The first-order valence-corrected chi connectivity index (χ1v) is 3.80. The highest BCUT2D eigenvalue weighted by molar-refractivity contribution is 5.80. The number of pyridine rings is 1. The van der Waals surface area contributed by atoms with Crippen molar-refractivity contribution in [3.8, 4) is 0 Å². The van der Waals surface area contributed by atoms with E-state index in [-0.39, 0.29) is 12.1 Å². The Balaban J connectivity index is 2.16. The SMILES string of the molecule is O=C1CNC(c2ccccn2)N1. The zero-order valence-electron chi connectivity index (χ0n) is 6.45. The largest absolute Gasteiger partial charge is 0.334 e. The number of hydrogen-bond donors (Lipinski definition) is 2. The molecule has 1 fully saturated rings. The highest BCUT2D eigenvalue weighted by atomic mass is 16.2. The van der Waals surface area contributed by atoms with Crippen LogP contribution in [0.4, 0.5) is 0 Å². The van der Waals surface area contributed by atoms with Crippen molar-refractivity contribution in [2.75, 3.05) is 6.54 Å². The molecule has 1 saturated heterocycles. The van der Waals surface area contributed by atoms with Gasteiger partial charge in [0.25, 0.3) is 0 Å². The molecular weight excluding hydrogens is 154 g/mol. The van der Waals surface area contributed by atoms with Crippen LogP contribution in [0.1, 0.15) is 11.9 Å². The van der Waals surface area contributed by atoms with Gasteiger partial charge in [0, 0.05) is 6.20 Å². The van der Waals surface area contributed by atoms with Crippen LogP contribution in [0.3, 0.4) is 0 Å². The average Bonchev–Trinajstić information content (AvgIpc) is 2.54. The van der Waals surface area contributed by atoms with E-state index >= 15 is 0 Å². The molecule has 1 atom stereocenters. The Hall–Kier alpha value is -1.42. The van der Waals surface area contributed by atoms with Crippen molar-refractivity contribution < 1.29 is 4.79 Å². The fourth-order valence-electron chi connectivity index (χ4n) is 1.18. The third kappa shape index (κ3) is 1.29. The standard InChI is InChI=1S/C8H9N3O/c12-7-5-10-8(11-7)6-3-1-2-4-9-6/h1-4,8,10H,5H2,(H,11,12). The molecule has 2 N–H and O–H groups in total. The van der Waals surface area contributed by atoms with E-state index in [0.29, 0.717) is 6.54 Å². The molecule has 0 radical (unpaired) electrons. The van der Waals surface area contributed by atoms with Crippen molar-refractivity contribution in [3.63, 3.8) is 0 Å². The first kappa shape index (κ1) is 7.24. The van der Waals surface area contributed by atoms with E-state index in [1.807, 2.05) is 18.2 Å². The van der Waals surface area contributed by atoms with Gasteiger partial charge in [0.2, 0.25) is 5.91 Å². The van der Waals surface area contributed by atoms with E-state index in [2.05, 4.69) is 15.6 Å². The van der Waals surface area contributed by atoms with E-state index in [1.54, 1.807) is 6.20 Å². The van der Waals surface area contributed by atoms with E-state index < -0.39 is 0 Å². The monoisotopic (exact) mass is 163 g/mol. The molecule has 0 aliphatic carbocycles. The molecular formula is C8H9N3O. The summed E-state index contributed by atoms with van der Waals surface area (Å²) >= 11 is 0. The zero-order valence-corrected chi connectivity index (χ0v) is 6.45. The molecule has 2 rings (SSSR count). The molecule has 2 heterocycles. The van der Waals surface area contributed by atoms with Crippen molar-refractivity contribution in [2.24, 2.45) is 0 Å².